The molecule has 1 saturated heterocycles. The Bertz CT molecular complexity index is 275. The van der Waals surface area contributed by atoms with Crippen molar-refractivity contribution >= 4 is 0 Å². The molecule has 0 amide bonds. The third-order valence-electron chi connectivity index (χ3n) is 5.80. The largest absolute Gasteiger partial charge is 0.311 e. The van der Waals surface area contributed by atoms with E-state index in [0.29, 0.717) is 5.54 Å². The summed E-state index contributed by atoms with van der Waals surface area (Å²) in [6.45, 7) is 7.31. The van der Waals surface area contributed by atoms with Gasteiger partial charge in [-0.15, -0.1) is 0 Å². The number of hydrogen-bond acceptors (Lipinski definition) is 2. The van der Waals surface area contributed by atoms with Crippen LogP contribution < -0.4 is 5.32 Å². The van der Waals surface area contributed by atoms with Crippen LogP contribution in [0.4, 0.5) is 0 Å². The lowest BCUT2D eigenvalue weighted by atomic mass is 9.86. The first-order valence-corrected chi connectivity index (χ1v) is 8.21. The first-order chi connectivity index (χ1) is 8.71. The molecule has 1 heterocycles. The lowest BCUT2D eigenvalue weighted by Crippen LogP contribution is -2.66. The summed E-state index contributed by atoms with van der Waals surface area (Å²) in [5.41, 5.74) is 0.542. The SMILES string of the molecule is CC(C)C1CN(C2CCCC2)C2(CCCC2)CN1. The molecule has 0 bridgehead atoms. The molecule has 3 rings (SSSR count). The Morgan fingerprint density at radius 3 is 2.33 bits per heavy atom. The topological polar surface area (TPSA) is 15.3 Å². The zero-order valence-corrected chi connectivity index (χ0v) is 12.3. The molecule has 1 aliphatic heterocycles. The van der Waals surface area contributed by atoms with E-state index in [0.717, 1.165) is 18.0 Å². The van der Waals surface area contributed by atoms with Gasteiger partial charge in [-0.3, -0.25) is 4.90 Å². The summed E-state index contributed by atoms with van der Waals surface area (Å²) in [5, 5.41) is 3.86. The molecule has 2 saturated carbocycles. The zero-order valence-electron chi connectivity index (χ0n) is 12.3. The molecule has 104 valence electrons. The molecule has 3 fully saturated rings. The van der Waals surface area contributed by atoms with Gasteiger partial charge >= 0.3 is 0 Å². The van der Waals surface area contributed by atoms with Crippen LogP contribution in [0.2, 0.25) is 0 Å². The Morgan fingerprint density at radius 2 is 1.72 bits per heavy atom. The quantitative estimate of drug-likeness (QED) is 0.810. The van der Waals surface area contributed by atoms with Gasteiger partial charge in [-0.05, 0) is 31.6 Å². The standard InChI is InChI=1S/C16H30N2/c1-13(2)15-11-18(14-7-3-4-8-14)16(12-17-15)9-5-6-10-16/h13-15,17H,3-12H2,1-2H3. The van der Waals surface area contributed by atoms with Crippen molar-refractivity contribution in [1.29, 1.82) is 0 Å². The Kier molecular flexibility index (Phi) is 3.68. The fraction of sp³-hybridized carbons (Fsp3) is 1.00. The number of hydrogen-bond donors (Lipinski definition) is 1. The molecular formula is C16H30N2. The van der Waals surface area contributed by atoms with Crippen LogP contribution in [0.1, 0.15) is 65.2 Å². The molecule has 0 aromatic rings. The smallest absolute Gasteiger partial charge is 0.0337 e. The fourth-order valence-electron chi connectivity index (χ4n) is 4.59. The third kappa shape index (κ3) is 2.22. The Hall–Kier alpha value is -0.0800. The van der Waals surface area contributed by atoms with E-state index in [-0.39, 0.29) is 0 Å². The molecule has 18 heavy (non-hydrogen) atoms. The second kappa shape index (κ2) is 5.13. The molecule has 1 N–H and O–H groups in total. The summed E-state index contributed by atoms with van der Waals surface area (Å²) in [4.78, 5) is 2.97. The van der Waals surface area contributed by atoms with Gasteiger partial charge < -0.3 is 5.32 Å². The minimum Gasteiger partial charge on any atom is -0.311 e. The van der Waals surface area contributed by atoms with Crippen molar-refractivity contribution in [3.05, 3.63) is 0 Å². The Balaban J connectivity index is 1.77. The van der Waals surface area contributed by atoms with Gasteiger partial charge in [0.2, 0.25) is 0 Å². The van der Waals surface area contributed by atoms with E-state index in [2.05, 4.69) is 24.1 Å². The van der Waals surface area contributed by atoms with Crippen molar-refractivity contribution in [1.82, 2.24) is 10.2 Å². The molecule has 0 aromatic heterocycles. The van der Waals surface area contributed by atoms with Crippen molar-refractivity contribution in [2.24, 2.45) is 5.92 Å². The zero-order chi connectivity index (χ0) is 12.6. The normalized spacial score (nSPS) is 33.8. The summed E-state index contributed by atoms with van der Waals surface area (Å²) in [7, 11) is 0. The maximum Gasteiger partial charge on any atom is 0.0337 e. The Morgan fingerprint density at radius 1 is 1.06 bits per heavy atom. The van der Waals surface area contributed by atoms with Crippen molar-refractivity contribution in [3.8, 4) is 0 Å². The summed E-state index contributed by atoms with van der Waals surface area (Å²) in [6.07, 6.45) is 11.7. The van der Waals surface area contributed by atoms with Gasteiger partial charge in [-0.1, -0.05) is 39.5 Å². The molecule has 2 aliphatic carbocycles. The van der Waals surface area contributed by atoms with Crippen molar-refractivity contribution in [2.75, 3.05) is 13.1 Å². The highest BCUT2D eigenvalue weighted by molar-refractivity contribution is 5.04. The summed E-state index contributed by atoms with van der Waals surface area (Å²) >= 11 is 0. The van der Waals surface area contributed by atoms with Crippen LogP contribution >= 0.6 is 0 Å². The molecule has 2 nitrogen and oxygen atoms in total. The summed E-state index contributed by atoms with van der Waals surface area (Å²) < 4.78 is 0. The van der Waals surface area contributed by atoms with Crippen LogP contribution in [0.3, 0.4) is 0 Å². The van der Waals surface area contributed by atoms with Gasteiger partial charge in [0.05, 0.1) is 0 Å². The maximum absolute atomic E-state index is 3.86. The van der Waals surface area contributed by atoms with Crippen LogP contribution in [-0.2, 0) is 0 Å². The van der Waals surface area contributed by atoms with E-state index in [4.69, 9.17) is 0 Å². The number of nitrogens with zero attached hydrogens (tertiary/aromatic N) is 1. The molecular weight excluding hydrogens is 220 g/mol. The van der Waals surface area contributed by atoms with Gasteiger partial charge in [0.15, 0.2) is 0 Å². The van der Waals surface area contributed by atoms with E-state index < -0.39 is 0 Å². The van der Waals surface area contributed by atoms with Crippen LogP contribution in [0.5, 0.6) is 0 Å². The summed E-state index contributed by atoms with van der Waals surface area (Å²) in [5.74, 6) is 0.771. The number of piperazine rings is 1. The van der Waals surface area contributed by atoms with E-state index >= 15 is 0 Å². The minimum absolute atomic E-state index is 0.542. The summed E-state index contributed by atoms with van der Waals surface area (Å²) in [6, 6.07) is 1.63. The van der Waals surface area contributed by atoms with Gasteiger partial charge in [0, 0.05) is 30.7 Å². The molecule has 2 heteroatoms. The number of rotatable bonds is 2. The van der Waals surface area contributed by atoms with Crippen molar-refractivity contribution in [2.45, 2.75) is 82.8 Å². The van der Waals surface area contributed by atoms with Crippen LogP contribution in [0.15, 0.2) is 0 Å². The highest BCUT2D eigenvalue weighted by Crippen LogP contribution is 2.41. The maximum atomic E-state index is 3.86. The first kappa shape index (κ1) is 12.9. The number of nitrogens with one attached hydrogen (secondary N) is 1. The average molecular weight is 250 g/mol. The lowest BCUT2D eigenvalue weighted by Gasteiger charge is -2.52. The fourth-order valence-corrected chi connectivity index (χ4v) is 4.59. The molecule has 1 atom stereocenters. The van der Waals surface area contributed by atoms with E-state index in [9.17, 15) is 0 Å². The molecule has 3 aliphatic rings. The van der Waals surface area contributed by atoms with Crippen molar-refractivity contribution in [3.63, 3.8) is 0 Å². The molecule has 1 unspecified atom stereocenters. The Labute approximate surface area is 113 Å². The minimum atomic E-state index is 0.542. The molecule has 1 spiro atoms. The monoisotopic (exact) mass is 250 g/mol. The van der Waals surface area contributed by atoms with Crippen LogP contribution in [-0.4, -0.2) is 35.6 Å². The van der Waals surface area contributed by atoms with E-state index in [1.54, 1.807) is 0 Å². The van der Waals surface area contributed by atoms with Crippen molar-refractivity contribution < 1.29 is 0 Å². The van der Waals surface area contributed by atoms with Gasteiger partial charge in [0.1, 0.15) is 0 Å². The highest BCUT2D eigenvalue weighted by Gasteiger charge is 2.46. The van der Waals surface area contributed by atoms with Gasteiger partial charge in [-0.25, -0.2) is 0 Å². The third-order valence-corrected chi connectivity index (χ3v) is 5.80. The predicted molar refractivity (Wildman–Crippen MR) is 76.8 cm³/mol. The molecule has 0 radical (unpaired) electrons. The van der Waals surface area contributed by atoms with Gasteiger partial charge in [-0.2, -0.15) is 0 Å². The highest BCUT2D eigenvalue weighted by atomic mass is 15.3. The van der Waals surface area contributed by atoms with E-state index in [1.807, 2.05) is 0 Å². The second-order valence-electron chi connectivity index (χ2n) is 7.25. The predicted octanol–water partition coefficient (Wildman–Crippen LogP) is 3.17. The van der Waals surface area contributed by atoms with Crippen LogP contribution in [0.25, 0.3) is 0 Å². The van der Waals surface area contributed by atoms with Gasteiger partial charge in [0.25, 0.3) is 0 Å². The second-order valence-corrected chi connectivity index (χ2v) is 7.25. The lowest BCUT2D eigenvalue weighted by molar-refractivity contribution is -0.00108. The molecule has 0 aromatic carbocycles. The van der Waals surface area contributed by atoms with E-state index in [1.165, 1.54) is 64.5 Å². The average Bonchev–Trinajstić information content (AvgIpc) is 3.01. The van der Waals surface area contributed by atoms with Crippen LogP contribution in [0, 0.1) is 5.92 Å². The first-order valence-electron chi connectivity index (χ1n) is 8.21.